The summed E-state index contributed by atoms with van der Waals surface area (Å²) in [7, 11) is -6.63. The first-order valence-corrected chi connectivity index (χ1v) is 16.7. The monoisotopic (exact) mass is 689 g/mol. The molecule has 1 fully saturated rings. The summed E-state index contributed by atoms with van der Waals surface area (Å²) in [5.41, 5.74) is -1.27. The van der Waals surface area contributed by atoms with E-state index in [1.807, 2.05) is 24.3 Å². The summed E-state index contributed by atoms with van der Waals surface area (Å²) in [6.07, 6.45) is -7.10. The van der Waals surface area contributed by atoms with E-state index < -0.39 is 62.5 Å². The molecular formula is C32H34F5O7S2+. The van der Waals surface area contributed by atoms with E-state index in [1.165, 1.54) is 19.1 Å². The molecule has 0 bridgehead atoms. The van der Waals surface area contributed by atoms with Gasteiger partial charge >= 0.3 is 27.5 Å². The van der Waals surface area contributed by atoms with Crippen molar-refractivity contribution in [2.45, 2.75) is 90.6 Å². The molecule has 1 aliphatic rings. The van der Waals surface area contributed by atoms with E-state index in [1.54, 1.807) is 36.4 Å². The molecule has 0 aromatic heterocycles. The first-order valence-electron chi connectivity index (χ1n) is 14.0. The summed E-state index contributed by atoms with van der Waals surface area (Å²) in [5, 5.41) is -4.71. The molecule has 250 valence electrons. The minimum atomic E-state index is -5.82. The molecule has 0 aliphatic carbocycles. The van der Waals surface area contributed by atoms with Gasteiger partial charge in [0.05, 0.1) is 23.1 Å². The van der Waals surface area contributed by atoms with Gasteiger partial charge < -0.3 is 14.2 Å². The Balaban J connectivity index is 1.67. The van der Waals surface area contributed by atoms with Gasteiger partial charge in [0, 0.05) is 5.56 Å². The molecule has 4 rings (SSSR count). The van der Waals surface area contributed by atoms with Crippen LogP contribution in [0.2, 0.25) is 0 Å². The van der Waals surface area contributed by atoms with Gasteiger partial charge in [-0.05, 0) is 92.4 Å². The van der Waals surface area contributed by atoms with Crippen LogP contribution in [0.25, 0.3) is 0 Å². The first-order chi connectivity index (χ1) is 21.0. The van der Waals surface area contributed by atoms with Crippen LogP contribution < -0.4 is 0 Å². The van der Waals surface area contributed by atoms with Crippen molar-refractivity contribution in [2.24, 2.45) is 0 Å². The van der Waals surface area contributed by atoms with Gasteiger partial charge in [0.1, 0.15) is 0 Å². The van der Waals surface area contributed by atoms with E-state index in [0.717, 1.165) is 22.3 Å². The maximum Gasteiger partial charge on any atom is 0.419 e. The molecule has 46 heavy (non-hydrogen) atoms. The van der Waals surface area contributed by atoms with Crippen molar-refractivity contribution in [2.75, 3.05) is 6.61 Å². The van der Waals surface area contributed by atoms with Crippen LogP contribution >= 0.6 is 0 Å². The summed E-state index contributed by atoms with van der Waals surface area (Å²) < 4.78 is 115. The molecule has 7 nitrogen and oxygen atoms in total. The molecule has 0 amide bonds. The Bertz CT molecular complexity index is 1670. The van der Waals surface area contributed by atoms with Crippen molar-refractivity contribution >= 4 is 27.0 Å². The molecule has 0 saturated carbocycles. The van der Waals surface area contributed by atoms with Crippen LogP contribution in [0.3, 0.4) is 0 Å². The highest BCUT2D eigenvalue weighted by molar-refractivity contribution is 7.97. The molecule has 4 atom stereocenters. The van der Waals surface area contributed by atoms with Crippen molar-refractivity contribution in [1.82, 2.24) is 0 Å². The zero-order valence-corrected chi connectivity index (χ0v) is 27.4. The number of hydrogen-bond acceptors (Lipinski definition) is 6. The number of alkyl halides is 5. The Morgan fingerprint density at radius 1 is 0.870 bits per heavy atom. The van der Waals surface area contributed by atoms with Crippen molar-refractivity contribution in [3.05, 3.63) is 89.5 Å². The minimum Gasteiger partial charge on any atom is -0.451 e. The van der Waals surface area contributed by atoms with E-state index in [2.05, 4.69) is 25.5 Å². The zero-order chi connectivity index (χ0) is 34.5. The van der Waals surface area contributed by atoms with E-state index in [0.29, 0.717) is 17.4 Å². The zero-order valence-electron chi connectivity index (χ0n) is 25.8. The molecule has 0 radical (unpaired) electrons. The van der Waals surface area contributed by atoms with Crippen LogP contribution in [-0.2, 0) is 46.4 Å². The standard InChI is InChI=1S/C32H33F5O7S2/c1-20(31(33,34)46(39,40)41)43-27(38)21-7-13-24(14-8-21)45(25-15-9-22(10-16-25)28(2,3)4)26-17-11-23(12-18-26)30(6)42-19-29(5,44-30)32(35,36)37/h7-18,20H,19H2,1-6H3/p+1. The molecule has 1 aliphatic heterocycles. The predicted molar refractivity (Wildman–Crippen MR) is 160 cm³/mol. The highest BCUT2D eigenvalue weighted by Crippen LogP contribution is 2.47. The molecule has 14 heteroatoms. The van der Waals surface area contributed by atoms with Gasteiger partial charge in [-0.15, -0.1) is 0 Å². The Morgan fingerprint density at radius 3 is 1.74 bits per heavy atom. The number of hydrogen-bond donors (Lipinski definition) is 1. The fourth-order valence-electron chi connectivity index (χ4n) is 4.67. The maximum atomic E-state index is 13.9. The summed E-state index contributed by atoms with van der Waals surface area (Å²) >= 11 is 0. The molecule has 1 heterocycles. The van der Waals surface area contributed by atoms with Gasteiger partial charge in [0.25, 0.3) is 0 Å². The summed E-state index contributed by atoms with van der Waals surface area (Å²) in [5.74, 6) is -2.86. The number of rotatable bonds is 8. The molecule has 1 N–H and O–H groups in total. The summed E-state index contributed by atoms with van der Waals surface area (Å²) in [4.78, 5) is 14.9. The molecule has 4 unspecified atom stereocenters. The van der Waals surface area contributed by atoms with Crippen LogP contribution in [0.15, 0.2) is 87.5 Å². The quantitative estimate of drug-likeness (QED) is 0.112. The number of carbonyl (C=O) groups is 1. The van der Waals surface area contributed by atoms with Gasteiger partial charge in [-0.2, -0.15) is 30.4 Å². The molecule has 1 saturated heterocycles. The Morgan fingerprint density at radius 2 is 1.33 bits per heavy atom. The van der Waals surface area contributed by atoms with Gasteiger partial charge in [-0.3, -0.25) is 4.55 Å². The fraction of sp³-hybridized carbons (Fsp3) is 0.406. The van der Waals surface area contributed by atoms with Gasteiger partial charge in [0.15, 0.2) is 32.2 Å². The third-order valence-electron chi connectivity index (χ3n) is 7.64. The second-order valence-corrected chi connectivity index (χ2v) is 15.8. The van der Waals surface area contributed by atoms with E-state index >= 15 is 0 Å². The lowest BCUT2D eigenvalue weighted by Crippen LogP contribution is -2.45. The highest BCUT2D eigenvalue weighted by atomic mass is 32.2. The van der Waals surface area contributed by atoms with Crippen LogP contribution in [0.4, 0.5) is 22.0 Å². The second kappa shape index (κ2) is 12.2. The largest absolute Gasteiger partial charge is 0.451 e. The fourth-order valence-corrected chi connectivity index (χ4v) is 7.18. The Kier molecular flexibility index (Phi) is 9.50. The van der Waals surface area contributed by atoms with Crippen molar-refractivity contribution in [3.63, 3.8) is 0 Å². The smallest absolute Gasteiger partial charge is 0.419 e. The average Bonchev–Trinajstić information content (AvgIpc) is 3.30. The van der Waals surface area contributed by atoms with E-state index in [9.17, 15) is 35.2 Å². The molecule has 0 spiro atoms. The number of esters is 1. The lowest BCUT2D eigenvalue weighted by molar-refractivity contribution is -0.283. The SMILES string of the molecule is CC(OC(=O)c1ccc([S+](c2ccc(C(C)(C)C)cc2)c2ccc(C3(C)OCC(C)(C(F)(F)F)O3)cc2)cc1)C(F)(F)S(=O)(=O)O. The molecule has 3 aromatic rings. The van der Waals surface area contributed by atoms with Crippen LogP contribution in [0.5, 0.6) is 0 Å². The number of ether oxygens (including phenoxy) is 3. The number of halogens is 5. The molecule has 3 aromatic carbocycles. The third kappa shape index (κ3) is 7.10. The highest BCUT2D eigenvalue weighted by Gasteiger charge is 2.61. The van der Waals surface area contributed by atoms with E-state index in [4.69, 9.17) is 14.0 Å². The summed E-state index contributed by atoms with van der Waals surface area (Å²) in [6, 6.07) is 20.5. The average molecular weight is 690 g/mol. The first kappa shape index (κ1) is 35.8. The van der Waals surface area contributed by atoms with Crippen molar-refractivity contribution in [3.8, 4) is 0 Å². The molecular weight excluding hydrogens is 655 g/mol. The minimum absolute atomic E-state index is 0.119. The lowest BCUT2D eigenvalue weighted by atomic mass is 9.87. The Hall–Kier alpha value is -3.04. The van der Waals surface area contributed by atoms with Crippen LogP contribution in [0.1, 0.15) is 63.0 Å². The topological polar surface area (TPSA) is 99.1 Å². The lowest BCUT2D eigenvalue weighted by Gasteiger charge is -2.29. The maximum absolute atomic E-state index is 13.9. The van der Waals surface area contributed by atoms with Crippen LogP contribution in [0, 0.1) is 0 Å². The third-order valence-corrected chi connectivity index (χ3v) is 10.9. The van der Waals surface area contributed by atoms with Gasteiger partial charge in [0.2, 0.25) is 0 Å². The normalized spacial score (nSPS) is 22.3. The predicted octanol–water partition coefficient (Wildman–Crippen LogP) is 7.65. The van der Waals surface area contributed by atoms with Crippen LogP contribution in [-0.4, -0.2) is 48.7 Å². The van der Waals surface area contributed by atoms with E-state index in [-0.39, 0.29) is 11.0 Å². The van der Waals surface area contributed by atoms with Crippen molar-refractivity contribution < 1.29 is 53.9 Å². The van der Waals surface area contributed by atoms with Gasteiger partial charge in [-0.1, -0.05) is 32.9 Å². The van der Waals surface area contributed by atoms with Gasteiger partial charge in [-0.25, -0.2) is 4.79 Å². The Labute approximate surface area is 267 Å². The number of carbonyl (C=O) groups excluding carboxylic acids is 1. The van der Waals surface area contributed by atoms with Crippen molar-refractivity contribution in [1.29, 1.82) is 0 Å². The summed E-state index contributed by atoms with van der Waals surface area (Å²) in [6.45, 7) is 8.56. The number of benzene rings is 3. The second-order valence-electron chi connectivity index (χ2n) is 12.3.